The molecule has 1 aromatic heterocycles. The van der Waals surface area contributed by atoms with Crippen molar-refractivity contribution in [3.63, 3.8) is 0 Å². The highest BCUT2D eigenvalue weighted by Crippen LogP contribution is 2.27. The van der Waals surface area contributed by atoms with Gasteiger partial charge < -0.3 is 5.32 Å². The molecule has 27 heavy (non-hydrogen) atoms. The van der Waals surface area contributed by atoms with Crippen LogP contribution in [0.1, 0.15) is 40.5 Å². The Bertz CT molecular complexity index is 920. The number of benzene rings is 1. The van der Waals surface area contributed by atoms with Gasteiger partial charge in [0.2, 0.25) is 0 Å². The molecule has 0 aliphatic carbocycles. The zero-order valence-electron chi connectivity index (χ0n) is 16.6. The Morgan fingerprint density at radius 3 is 2.67 bits per heavy atom. The molecule has 1 atom stereocenters. The van der Waals surface area contributed by atoms with Crippen molar-refractivity contribution >= 4 is 21.6 Å². The van der Waals surface area contributed by atoms with Gasteiger partial charge in [-0.1, -0.05) is 6.07 Å². The van der Waals surface area contributed by atoms with Gasteiger partial charge in [0.25, 0.3) is 0 Å². The molecule has 1 N–H and O–H groups in total. The lowest BCUT2D eigenvalue weighted by atomic mass is 10.1. The fourth-order valence-electron chi connectivity index (χ4n) is 3.53. The van der Waals surface area contributed by atoms with E-state index in [-0.39, 0.29) is 17.5 Å². The van der Waals surface area contributed by atoms with Gasteiger partial charge in [0.15, 0.2) is 9.84 Å². The minimum Gasteiger partial charge on any atom is -0.312 e. The standard InChI is InChI=1S/C20H29N3O2S2/c1-14-5-6-19(11-15(14)2)26-9-8-21-12-20-16(3)22-23(17(20)4)18-7-10-27(24,25)13-18/h5-6,11,18,21H,7-10,12-13H2,1-4H3. The minimum atomic E-state index is -2.90. The summed E-state index contributed by atoms with van der Waals surface area (Å²) < 4.78 is 25.5. The monoisotopic (exact) mass is 407 g/mol. The zero-order chi connectivity index (χ0) is 19.6. The molecule has 0 bridgehead atoms. The van der Waals surface area contributed by atoms with Gasteiger partial charge in [-0.3, -0.25) is 4.68 Å². The fourth-order valence-corrected chi connectivity index (χ4v) is 6.13. The molecule has 1 unspecified atom stereocenters. The number of sulfone groups is 1. The lowest BCUT2D eigenvalue weighted by Gasteiger charge is -2.12. The number of rotatable bonds is 7. The van der Waals surface area contributed by atoms with Gasteiger partial charge in [-0.2, -0.15) is 5.10 Å². The van der Waals surface area contributed by atoms with E-state index in [0.29, 0.717) is 6.42 Å². The number of nitrogens with one attached hydrogen (secondary N) is 1. The van der Waals surface area contributed by atoms with Crippen LogP contribution in [0.2, 0.25) is 0 Å². The SMILES string of the molecule is Cc1ccc(SCCNCc2c(C)nn(C3CCS(=O)(=O)C3)c2C)cc1C. The molecule has 0 amide bonds. The molecule has 1 aliphatic rings. The number of hydrogen-bond acceptors (Lipinski definition) is 5. The number of nitrogens with zero attached hydrogens (tertiary/aromatic N) is 2. The summed E-state index contributed by atoms with van der Waals surface area (Å²) in [5, 5.41) is 8.14. The summed E-state index contributed by atoms with van der Waals surface area (Å²) in [7, 11) is -2.90. The Kier molecular flexibility index (Phi) is 6.33. The molecular formula is C20H29N3O2S2. The fraction of sp³-hybridized carbons (Fsp3) is 0.550. The molecule has 0 spiro atoms. The largest absolute Gasteiger partial charge is 0.312 e. The molecule has 1 aromatic carbocycles. The lowest BCUT2D eigenvalue weighted by Crippen LogP contribution is -2.18. The first kappa shape index (κ1) is 20.4. The molecule has 2 aromatic rings. The number of aromatic nitrogens is 2. The van der Waals surface area contributed by atoms with Gasteiger partial charge >= 0.3 is 0 Å². The molecule has 1 saturated heterocycles. The van der Waals surface area contributed by atoms with E-state index < -0.39 is 9.84 Å². The zero-order valence-corrected chi connectivity index (χ0v) is 18.2. The van der Waals surface area contributed by atoms with Crippen LogP contribution in [0.5, 0.6) is 0 Å². The normalized spacial score (nSPS) is 18.9. The van der Waals surface area contributed by atoms with Gasteiger partial charge in [0.1, 0.15) is 0 Å². The maximum absolute atomic E-state index is 11.8. The molecule has 1 aliphatic heterocycles. The Morgan fingerprint density at radius 2 is 2.00 bits per heavy atom. The molecule has 1 fully saturated rings. The van der Waals surface area contributed by atoms with Gasteiger partial charge in [-0.25, -0.2) is 8.42 Å². The molecule has 0 saturated carbocycles. The summed E-state index contributed by atoms with van der Waals surface area (Å²) in [6.45, 7) is 10.0. The second-order valence-corrected chi connectivity index (χ2v) is 10.8. The van der Waals surface area contributed by atoms with Crippen LogP contribution in [0.15, 0.2) is 23.1 Å². The number of aryl methyl sites for hydroxylation is 3. The third-order valence-electron chi connectivity index (χ3n) is 5.36. The maximum Gasteiger partial charge on any atom is 0.152 e. The van der Waals surface area contributed by atoms with Gasteiger partial charge in [0, 0.05) is 35.0 Å². The van der Waals surface area contributed by atoms with Crippen molar-refractivity contribution < 1.29 is 8.42 Å². The first-order valence-corrected chi connectivity index (χ1v) is 12.2. The predicted molar refractivity (Wildman–Crippen MR) is 112 cm³/mol. The smallest absolute Gasteiger partial charge is 0.152 e. The quantitative estimate of drug-likeness (QED) is 0.563. The highest BCUT2D eigenvalue weighted by molar-refractivity contribution is 7.99. The van der Waals surface area contributed by atoms with Crippen molar-refractivity contribution in [3.8, 4) is 0 Å². The van der Waals surface area contributed by atoms with E-state index in [9.17, 15) is 8.42 Å². The van der Waals surface area contributed by atoms with Crippen LogP contribution < -0.4 is 5.32 Å². The van der Waals surface area contributed by atoms with E-state index in [1.807, 2.05) is 30.3 Å². The molecule has 5 nitrogen and oxygen atoms in total. The Balaban J connectivity index is 1.52. The average Bonchev–Trinajstić information content (AvgIpc) is 3.10. The molecule has 3 rings (SSSR count). The molecular weight excluding hydrogens is 378 g/mol. The van der Waals surface area contributed by atoms with Crippen molar-refractivity contribution in [1.82, 2.24) is 15.1 Å². The van der Waals surface area contributed by atoms with Crippen molar-refractivity contribution in [2.75, 3.05) is 23.8 Å². The van der Waals surface area contributed by atoms with Crippen LogP contribution in [0.25, 0.3) is 0 Å². The van der Waals surface area contributed by atoms with E-state index in [0.717, 1.165) is 30.2 Å². The molecule has 148 valence electrons. The van der Waals surface area contributed by atoms with Crippen LogP contribution >= 0.6 is 11.8 Å². The van der Waals surface area contributed by atoms with Crippen molar-refractivity contribution in [2.45, 2.75) is 51.6 Å². The highest BCUT2D eigenvalue weighted by atomic mass is 32.2. The van der Waals surface area contributed by atoms with Gasteiger partial charge in [0.05, 0.1) is 23.2 Å². The van der Waals surface area contributed by atoms with Crippen molar-refractivity contribution in [3.05, 3.63) is 46.3 Å². The van der Waals surface area contributed by atoms with Crippen LogP contribution in [0.4, 0.5) is 0 Å². The third-order valence-corrected chi connectivity index (χ3v) is 8.10. The van der Waals surface area contributed by atoms with E-state index in [1.54, 1.807) is 0 Å². The average molecular weight is 408 g/mol. The van der Waals surface area contributed by atoms with Crippen LogP contribution in [0, 0.1) is 27.7 Å². The summed E-state index contributed by atoms with van der Waals surface area (Å²) in [5.74, 6) is 1.50. The molecule has 7 heteroatoms. The highest BCUT2D eigenvalue weighted by Gasteiger charge is 2.31. The Morgan fingerprint density at radius 1 is 1.22 bits per heavy atom. The van der Waals surface area contributed by atoms with Crippen LogP contribution in [-0.4, -0.2) is 42.0 Å². The first-order valence-electron chi connectivity index (χ1n) is 9.42. The number of thioether (sulfide) groups is 1. The number of hydrogen-bond donors (Lipinski definition) is 1. The van der Waals surface area contributed by atoms with E-state index in [4.69, 9.17) is 0 Å². The minimum absolute atomic E-state index is 0.0113. The maximum atomic E-state index is 11.8. The van der Waals surface area contributed by atoms with Crippen molar-refractivity contribution in [2.24, 2.45) is 0 Å². The Hall–Kier alpha value is -1.31. The first-order chi connectivity index (χ1) is 12.8. The summed E-state index contributed by atoms with van der Waals surface area (Å²) >= 11 is 1.86. The van der Waals surface area contributed by atoms with Crippen LogP contribution in [-0.2, 0) is 16.4 Å². The van der Waals surface area contributed by atoms with E-state index in [2.05, 4.69) is 42.5 Å². The Labute approximate surface area is 166 Å². The van der Waals surface area contributed by atoms with E-state index >= 15 is 0 Å². The predicted octanol–water partition coefficient (Wildman–Crippen LogP) is 3.36. The van der Waals surface area contributed by atoms with E-state index in [1.165, 1.54) is 21.6 Å². The van der Waals surface area contributed by atoms with Crippen molar-refractivity contribution in [1.29, 1.82) is 0 Å². The second kappa shape index (κ2) is 8.37. The summed E-state index contributed by atoms with van der Waals surface area (Å²) in [4.78, 5) is 1.31. The summed E-state index contributed by atoms with van der Waals surface area (Å²) in [5.41, 5.74) is 5.93. The van der Waals surface area contributed by atoms with Crippen LogP contribution in [0.3, 0.4) is 0 Å². The summed E-state index contributed by atoms with van der Waals surface area (Å²) in [6.07, 6.45) is 0.670. The topological polar surface area (TPSA) is 64.0 Å². The van der Waals surface area contributed by atoms with Gasteiger partial charge in [-0.15, -0.1) is 11.8 Å². The second-order valence-electron chi connectivity index (χ2n) is 7.42. The molecule has 2 heterocycles. The summed E-state index contributed by atoms with van der Waals surface area (Å²) in [6, 6.07) is 6.59. The van der Waals surface area contributed by atoms with Gasteiger partial charge in [-0.05, 0) is 57.4 Å². The molecule has 0 radical (unpaired) electrons. The lowest BCUT2D eigenvalue weighted by molar-refractivity contribution is 0.485. The third kappa shape index (κ3) is 4.95.